The lowest BCUT2D eigenvalue weighted by Crippen LogP contribution is -2.44. The Morgan fingerprint density at radius 3 is 2.67 bits per heavy atom. The molecule has 2 heterocycles. The van der Waals surface area contributed by atoms with Gasteiger partial charge in [-0.1, -0.05) is 36.7 Å². The summed E-state index contributed by atoms with van der Waals surface area (Å²) >= 11 is 6.23. The molecule has 0 aliphatic carbocycles. The van der Waals surface area contributed by atoms with Gasteiger partial charge in [-0.2, -0.15) is 9.78 Å². The number of likely N-dealkylation sites (tertiary alicyclic amines) is 1. The molecule has 172 valence electrons. The molecule has 3 aromatic rings. The molecule has 1 aliphatic rings. The zero-order valence-electron chi connectivity index (χ0n) is 18.5. The van der Waals surface area contributed by atoms with Crippen molar-refractivity contribution < 1.29 is 14.3 Å². The molecule has 1 fully saturated rings. The molecule has 2 amide bonds. The first-order chi connectivity index (χ1) is 15.9. The number of ether oxygens (including phenoxy) is 1. The van der Waals surface area contributed by atoms with E-state index in [1.165, 1.54) is 7.11 Å². The van der Waals surface area contributed by atoms with Crippen molar-refractivity contribution in [3.63, 3.8) is 0 Å². The monoisotopic (exact) mass is 468 g/mol. The normalized spacial score (nSPS) is 16.0. The Kier molecular flexibility index (Phi) is 6.65. The number of aromatic nitrogens is 2. The van der Waals surface area contributed by atoms with Crippen molar-refractivity contribution in [2.24, 2.45) is 5.92 Å². The third-order valence-corrected chi connectivity index (χ3v) is 6.11. The van der Waals surface area contributed by atoms with Crippen molar-refractivity contribution in [3.8, 4) is 11.4 Å². The molecule has 1 aromatic heterocycles. The van der Waals surface area contributed by atoms with Crippen molar-refractivity contribution in [2.75, 3.05) is 26.7 Å². The summed E-state index contributed by atoms with van der Waals surface area (Å²) in [6.07, 6.45) is 2.06. The maximum Gasteiger partial charge on any atom is 0.279 e. The largest absolute Gasteiger partial charge is 0.495 e. The molecular weight excluding hydrogens is 444 g/mol. The van der Waals surface area contributed by atoms with Gasteiger partial charge in [0, 0.05) is 18.5 Å². The number of methoxy groups -OCH3 is 1. The van der Waals surface area contributed by atoms with E-state index in [-0.39, 0.29) is 23.7 Å². The smallest absolute Gasteiger partial charge is 0.279 e. The molecule has 0 saturated carbocycles. The fourth-order valence-electron chi connectivity index (χ4n) is 4.09. The van der Waals surface area contributed by atoms with Gasteiger partial charge in [0.1, 0.15) is 5.75 Å². The van der Waals surface area contributed by atoms with Crippen molar-refractivity contribution >= 4 is 34.2 Å². The number of fused-ring (bicyclic) bond motifs is 1. The maximum absolute atomic E-state index is 13.1. The number of amides is 2. The van der Waals surface area contributed by atoms with E-state index < -0.39 is 5.91 Å². The lowest BCUT2D eigenvalue weighted by atomic mass is 10.0. The first-order valence-electron chi connectivity index (χ1n) is 10.8. The van der Waals surface area contributed by atoms with Crippen LogP contribution in [0, 0.1) is 5.92 Å². The Bertz CT molecular complexity index is 1270. The fourth-order valence-corrected chi connectivity index (χ4v) is 4.34. The van der Waals surface area contributed by atoms with Crippen molar-refractivity contribution in [1.29, 1.82) is 0 Å². The van der Waals surface area contributed by atoms with Gasteiger partial charge in [-0.15, -0.1) is 0 Å². The lowest BCUT2D eigenvalue weighted by Gasteiger charge is -2.31. The number of hydrogen-bond donors (Lipinski definition) is 1. The summed E-state index contributed by atoms with van der Waals surface area (Å²) in [6, 6.07) is 11.6. The highest BCUT2D eigenvalue weighted by Gasteiger charge is 2.23. The molecule has 0 radical (unpaired) electrons. The molecule has 1 aliphatic heterocycles. The molecule has 2 aromatic carbocycles. The molecule has 1 saturated heterocycles. The van der Waals surface area contributed by atoms with Crippen LogP contribution in [0.3, 0.4) is 0 Å². The Hall–Kier alpha value is -3.39. The third kappa shape index (κ3) is 4.71. The van der Waals surface area contributed by atoms with E-state index in [0.29, 0.717) is 46.2 Å². The molecule has 1 unspecified atom stereocenters. The van der Waals surface area contributed by atoms with Crippen LogP contribution >= 0.6 is 11.6 Å². The summed E-state index contributed by atoms with van der Waals surface area (Å²) in [5.41, 5.74) is 0.0581. The Labute approximate surface area is 196 Å². The second kappa shape index (κ2) is 9.62. The number of rotatable bonds is 5. The Morgan fingerprint density at radius 1 is 1.21 bits per heavy atom. The van der Waals surface area contributed by atoms with Crippen LogP contribution in [0.2, 0.25) is 5.02 Å². The van der Waals surface area contributed by atoms with Gasteiger partial charge in [0.05, 0.1) is 29.8 Å². The first kappa shape index (κ1) is 22.8. The zero-order valence-corrected chi connectivity index (χ0v) is 19.3. The van der Waals surface area contributed by atoms with E-state index in [0.717, 1.165) is 17.5 Å². The van der Waals surface area contributed by atoms with E-state index in [1.54, 1.807) is 47.4 Å². The third-order valence-electron chi connectivity index (χ3n) is 5.81. The average molecular weight is 469 g/mol. The molecule has 0 bridgehead atoms. The Morgan fingerprint density at radius 2 is 1.97 bits per heavy atom. The number of carbonyl (C=O) groups is 2. The van der Waals surface area contributed by atoms with Gasteiger partial charge in [0.2, 0.25) is 5.91 Å². The number of nitrogens with one attached hydrogen (secondary N) is 1. The lowest BCUT2D eigenvalue weighted by molar-refractivity contribution is -0.131. The quantitative estimate of drug-likeness (QED) is 0.621. The number of hydrogen-bond acceptors (Lipinski definition) is 5. The summed E-state index contributed by atoms with van der Waals surface area (Å²) in [7, 11) is 1.50. The van der Waals surface area contributed by atoms with Gasteiger partial charge in [0.25, 0.3) is 11.5 Å². The van der Waals surface area contributed by atoms with Crippen LogP contribution in [-0.2, 0) is 4.79 Å². The van der Waals surface area contributed by atoms with Crippen molar-refractivity contribution in [2.45, 2.75) is 19.8 Å². The van der Waals surface area contributed by atoms with Crippen LogP contribution in [0.25, 0.3) is 16.5 Å². The summed E-state index contributed by atoms with van der Waals surface area (Å²) in [6.45, 7) is 3.38. The minimum atomic E-state index is -0.530. The maximum atomic E-state index is 13.1. The molecule has 9 heteroatoms. The second-order valence-electron chi connectivity index (χ2n) is 8.20. The van der Waals surface area contributed by atoms with Gasteiger partial charge in [-0.3, -0.25) is 14.4 Å². The van der Waals surface area contributed by atoms with E-state index in [2.05, 4.69) is 17.3 Å². The van der Waals surface area contributed by atoms with E-state index >= 15 is 0 Å². The topological polar surface area (TPSA) is 93.5 Å². The van der Waals surface area contributed by atoms with Crippen LogP contribution in [0.4, 0.5) is 0 Å². The van der Waals surface area contributed by atoms with Crippen LogP contribution < -0.4 is 15.6 Å². The zero-order chi connectivity index (χ0) is 23.5. The highest BCUT2D eigenvalue weighted by atomic mass is 35.5. The van der Waals surface area contributed by atoms with Crippen LogP contribution in [-0.4, -0.2) is 53.2 Å². The molecular formula is C24H25ClN4O4. The van der Waals surface area contributed by atoms with Gasteiger partial charge in [0.15, 0.2) is 5.69 Å². The van der Waals surface area contributed by atoms with Crippen molar-refractivity contribution in [3.05, 3.63) is 63.5 Å². The fraction of sp³-hybridized carbons (Fsp3) is 0.333. The van der Waals surface area contributed by atoms with Crippen molar-refractivity contribution in [1.82, 2.24) is 20.0 Å². The van der Waals surface area contributed by atoms with E-state index in [1.807, 2.05) is 0 Å². The average Bonchev–Trinajstić information content (AvgIpc) is 2.82. The highest BCUT2D eigenvalue weighted by molar-refractivity contribution is 6.32. The number of piperidine rings is 1. The standard InChI is InChI=1S/C24H25ClN4O4/c1-15-6-5-11-28(14-15)21(30)13-26-23(31)22-17-7-3-4-8-18(17)24(32)29(27-22)16-9-10-20(33-2)19(25)12-16/h3-4,7-10,12,15H,5-6,11,13-14H2,1-2H3,(H,26,31). The van der Waals surface area contributed by atoms with E-state index in [4.69, 9.17) is 16.3 Å². The molecule has 4 rings (SSSR count). The van der Waals surface area contributed by atoms with Crippen LogP contribution in [0.1, 0.15) is 30.3 Å². The van der Waals surface area contributed by atoms with Crippen LogP contribution in [0.5, 0.6) is 5.75 Å². The molecule has 0 spiro atoms. The number of halogens is 1. The highest BCUT2D eigenvalue weighted by Crippen LogP contribution is 2.26. The van der Waals surface area contributed by atoms with Gasteiger partial charge < -0.3 is 15.0 Å². The predicted octanol–water partition coefficient (Wildman–Crippen LogP) is 3.04. The molecule has 8 nitrogen and oxygen atoms in total. The molecule has 33 heavy (non-hydrogen) atoms. The number of benzene rings is 2. The summed E-state index contributed by atoms with van der Waals surface area (Å²) in [5, 5.41) is 8.07. The second-order valence-corrected chi connectivity index (χ2v) is 8.61. The van der Waals surface area contributed by atoms with Gasteiger partial charge >= 0.3 is 0 Å². The predicted molar refractivity (Wildman–Crippen MR) is 126 cm³/mol. The van der Waals surface area contributed by atoms with Gasteiger partial charge in [-0.05, 0) is 43.0 Å². The van der Waals surface area contributed by atoms with Crippen LogP contribution in [0.15, 0.2) is 47.3 Å². The minimum absolute atomic E-state index is 0.0527. The molecule has 1 N–H and O–H groups in total. The SMILES string of the molecule is COc1ccc(-n2nc(C(=O)NCC(=O)N3CCCC(C)C3)c3ccccc3c2=O)cc1Cl. The van der Waals surface area contributed by atoms with Gasteiger partial charge in [-0.25, -0.2) is 0 Å². The first-order valence-corrected chi connectivity index (χ1v) is 11.2. The minimum Gasteiger partial charge on any atom is -0.495 e. The summed E-state index contributed by atoms with van der Waals surface area (Å²) < 4.78 is 6.31. The Balaban J connectivity index is 1.66. The van der Waals surface area contributed by atoms with E-state index in [9.17, 15) is 14.4 Å². The number of nitrogens with zero attached hydrogens (tertiary/aromatic N) is 3. The summed E-state index contributed by atoms with van der Waals surface area (Å²) in [5.74, 6) is 0.245. The number of carbonyl (C=O) groups excluding carboxylic acids is 2. The molecule has 1 atom stereocenters. The summed E-state index contributed by atoms with van der Waals surface area (Å²) in [4.78, 5) is 40.5.